The molecule has 2 aromatic rings. The molecular formula is C10H13N2+. The van der Waals surface area contributed by atoms with Crippen LogP contribution in [-0.4, -0.2) is 4.57 Å². The zero-order chi connectivity index (χ0) is 8.72. The van der Waals surface area contributed by atoms with Crippen LogP contribution in [0.2, 0.25) is 0 Å². The maximum Gasteiger partial charge on any atom is 0.253 e. The fourth-order valence-electron chi connectivity index (χ4n) is 1.61. The maximum atomic E-state index is 2.20. The molecule has 0 spiro atoms. The average Bonchev–Trinajstić information content (AvgIpc) is 2.33. The molecule has 0 bridgehead atoms. The summed E-state index contributed by atoms with van der Waals surface area (Å²) in [5.74, 6) is 1.27. The third-order valence-corrected chi connectivity index (χ3v) is 2.58. The van der Waals surface area contributed by atoms with Crippen molar-refractivity contribution in [3.8, 4) is 0 Å². The molecule has 2 nitrogen and oxygen atoms in total. The van der Waals surface area contributed by atoms with Gasteiger partial charge in [0.25, 0.3) is 5.82 Å². The predicted octanol–water partition coefficient (Wildman–Crippen LogP) is 1.31. The zero-order valence-corrected chi connectivity index (χ0v) is 7.70. The van der Waals surface area contributed by atoms with Crippen LogP contribution in [-0.2, 0) is 14.1 Å². The Morgan fingerprint density at radius 3 is 2.58 bits per heavy atom. The van der Waals surface area contributed by atoms with Gasteiger partial charge in [0.05, 0.1) is 14.1 Å². The van der Waals surface area contributed by atoms with Crippen LogP contribution in [0, 0.1) is 6.92 Å². The molecule has 0 aliphatic rings. The summed E-state index contributed by atoms with van der Waals surface area (Å²) in [6, 6.07) is 8.42. The molecule has 0 unspecified atom stereocenters. The van der Waals surface area contributed by atoms with Crippen molar-refractivity contribution in [1.82, 2.24) is 4.57 Å². The van der Waals surface area contributed by atoms with Gasteiger partial charge in [-0.2, -0.15) is 0 Å². The Balaban J connectivity index is 2.99. The monoisotopic (exact) mass is 161 g/mol. The number of aromatic nitrogens is 2. The molecule has 2 heteroatoms. The quantitative estimate of drug-likeness (QED) is 0.515. The van der Waals surface area contributed by atoms with Crippen molar-refractivity contribution >= 4 is 11.0 Å². The second-order valence-corrected chi connectivity index (χ2v) is 3.15. The number of aryl methyl sites for hydroxylation is 2. The van der Waals surface area contributed by atoms with Crippen LogP contribution in [0.4, 0.5) is 0 Å². The Hall–Kier alpha value is -1.31. The van der Waals surface area contributed by atoms with Gasteiger partial charge in [-0.15, -0.1) is 0 Å². The van der Waals surface area contributed by atoms with Gasteiger partial charge in [0.15, 0.2) is 11.0 Å². The molecule has 0 aliphatic carbocycles. The summed E-state index contributed by atoms with van der Waals surface area (Å²) in [4.78, 5) is 0. The lowest BCUT2D eigenvalue weighted by atomic mass is 10.3. The SMILES string of the molecule is Cc1n(C)c2ccccc2[n+]1C. The molecule has 62 valence electrons. The topological polar surface area (TPSA) is 8.81 Å². The van der Waals surface area contributed by atoms with Gasteiger partial charge in [-0.05, 0) is 12.1 Å². The second kappa shape index (κ2) is 2.34. The molecule has 1 aromatic heterocycles. The predicted molar refractivity (Wildman–Crippen MR) is 48.8 cm³/mol. The largest absolute Gasteiger partial charge is 0.253 e. The Morgan fingerprint density at radius 2 is 1.92 bits per heavy atom. The van der Waals surface area contributed by atoms with Crippen LogP contribution in [0.5, 0.6) is 0 Å². The van der Waals surface area contributed by atoms with Gasteiger partial charge in [-0.25, -0.2) is 9.13 Å². The minimum absolute atomic E-state index is 1.27. The van der Waals surface area contributed by atoms with Crippen LogP contribution in [0.3, 0.4) is 0 Å². The lowest BCUT2D eigenvalue weighted by molar-refractivity contribution is -0.652. The van der Waals surface area contributed by atoms with Crippen molar-refractivity contribution in [2.75, 3.05) is 0 Å². The highest BCUT2D eigenvalue weighted by atomic mass is 15.1. The summed E-state index contributed by atoms with van der Waals surface area (Å²) in [6.07, 6.45) is 0. The highest BCUT2D eigenvalue weighted by Gasteiger charge is 2.13. The van der Waals surface area contributed by atoms with E-state index in [0.717, 1.165) is 0 Å². The summed E-state index contributed by atoms with van der Waals surface area (Å²) in [5, 5.41) is 0. The molecule has 0 aliphatic heterocycles. The second-order valence-electron chi connectivity index (χ2n) is 3.15. The first-order chi connectivity index (χ1) is 5.72. The zero-order valence-electron chi connectivity index (χ0n) is 7.70. The normalized spacial score (nSPS) is 10.9. The molecule has 0 saturated carbocycles. The van der Waals surface area contributed by atoms with Crippen LogP contribution >= 0.6 is 0 Å². The lowest BCUT2D eigenvalue weighted by Gasteiger charge is -1.86. The van der Waals surface area contributed by atoms with Gasteiger partial charge in [-0.3, -0.25) is 0 Å². The number of hydrogen-bond donors (Lipinski definition) is 0. The fraction of sp³-hybridized carbons (Fsp3) is 0.300. The molecule has 2 rings (SSSR count). The van der Waals surface area contributed by atoms with Crippen molar-refractivity contribution in [3.05, 3.63) is 30.1 Å². The van der Waals surface area contributed by atoms with Gasteiger partial charge < -0.3 is 0 Å². The third-order valence-electron chi connectivity index (χ3n) is 2.58. The maximum absolute atomic E-state index is 2.20. The van der Waals surface area contributed by atoms with Crippen molar-refractivity contribution in [1.29, 1.82) is 0 Å². The van der Waals surface area contributed by atoms with Crippen molar-refractivity contribution < 1.29 is 4.57 Å². The van der Waals surface area contributed by atoms with Gasteiger partial charge in [-0.1, -0.05) is 12.1 Å². The van der Waals surface area contributed by atoms with E-state index in [1.165, 1.54) is 16.9 Å². The van der Waals surface area contributed by atoms with E-state index in [1.54, 1.807) is 0 Å². The summed E-state index contributed by atoms with van der Waals surface area (Å²) >= 11 is 0. The minimum Gasteiger partial charge on any atom is -0.230 e. The smallest absolute Gasteiger partial charge is 0.230 e. The summed E-state index contributed by atoms with van der Waals surface area (Å²) < 4.78 is 4.41. The molecule has 0 fully saturated rings. The van der Waals surface area contributed by atoms with E-state index in [0.29, 0.717) is 0 Å². The van der Waals surface area contributed by atoms with Gasteiger partial charge in [0.2, 0.25) is 0 Å². The van der Waals surface area contributed by atoms with Crippen LogP contribution in [0.15, 0.2) is 24.3 Å². The number of imidazole rings is 1. The summed E-state index contributed by atoms with van der Waals surface area (Å²) in [5.41, 5.74) is 2.58. The van der Waals surface area contributed by atoms with Gasteiger partial charge in [0.1, 0.15) is 0 Å². The fourth-order valence-corrected chi connectivity index (χ4v) is 1.61. The Bertz CT molecular complexity index is 388. The molecule has 0 atom stereocenters. The molecule has 0 amide bonds. The number of fused-ring (bicyclic) bond motifs is 1. The number of nitrogens with zero attached hydrogens (tertiary/aromatic N) is 2. The van der Waals surface area contributed by atoms with E-state index in [2.05, 4.69) is 54.4 Å². The molecule has 12 heavy (non-hydrogen) atoms. The first kappa shape index (κ1) is 7.35. The van der Waals surface area contributed by atoms with E-state index >= 15 is 0 Å². The molecule has 0 N–H and O–H groups in total. The lowest BCUT2D eigenvalue weighted by Crippen LogP contribution is -2.30. The number of benzene rings is 1. The summed E-state index contributed by atoms with van der Waals surface area (Å²) in [6.45, 7) is 2.12. The van der Waals surface area contributed by atoms with E-state index in [4.69, 9.17) is 0 Å². The van der Waals surface area contributed by atoms with E-state index in [-0.39, 0.29) is 0 Å². The average molecular weight is 161 g/mol. The standard InChI is InChI=1S/C10H13N2/c1-8-11(2)9-6-4-5-7-10(9)12(8)3/h4-7H,1-3H3/q+1. The van der Waals surface area contributed by atoms with Crippen molar-refractivity contribution in [2.24, 2.45) is 14.1 Å². The van der Waals surface area contributed by atoms with E-state index in [1.807, 2.05) is 0 Å². The third kappa shape index (κ3) is 0.779. The molecule has 1 aromatic carbocycles. The molecule has 1 heterocycles. The van der Waals surface area contributed by atoms with Crippen molar-refractivity contribution in [3.63, 3.8) is 0 Å². The van der Waals surface area contributed by atoms with E-state index in [9.17, 15) is 0 Å². The molecule has 0 saturated heterocycles. The van der Waals surface area contributed by atoms with Crippen LogP contribution in [0.25, 0.3) is 11.0 Å². The Kier molecular flexibility index (Phi) is 1.43. The molecule has 0 radical (unpaired) electrons. The first-order valence-corrected chi connectivity index (χ1v) is 4.12. The number of hydrogen-bond acceptors (Lipinski definition) is 0. The highest BCUT2D eigenvalue weighted by Crippen LogP contribution is 2.10. The summed E-state index contributed by atoms with van der Waals surface area (Å²) in [7, 11) is 4.19. The van der Waals surface area contributed by atoms with Gasteiger partial charge >= 0.3 is 0 Å². The highest BCUT2D eigenvalue weighted by molar-refractivity contribution is 5.71. The Morgan fingerprint density at radius 1 is 1.25 bits per heavy atom. The molecular weight excluding hydrogens is 148 g/mol. The van der Waals surface area contributed by atoms with Gasteiger partial charge in [0, 0.05) is 6.92 Å². The van der Waals surface area contributed by atoms with Crippen LogP contribution < -0.4 is 4.57 Å². The van der Waals surface area contributed by atoms with Crippen LogP contribution in [0.1, 0.15) is 5.82 Å². The number of para-hydroxylation sites is 2. The van der Waals surface area contributed by atoms with E-state index < -0.39 is 0 Å². The first-order valence-electron chi connectivity index (χ1n) is 4.12. The minimum atomic E-state index is 1.27. The van der Waals surface area contributed by atoms with Crippen molar-refractivity contribution in [2.45, 2.75) is 6.92 Å². The Labute approximate surface area is 72.1 Å². The number of rotatable bonds is 0.